The van der Waals surface area contributed by atoms with Crippen LogP contribution in [0.1, 0.15) is 29.8 Å². The van der Waals surface area contributed by atoms with E-state index in [0.717, 1.165) is 5.56 Å². The van der Waals surface area contributed by atoms with Crippen LogP contribution in [0.25, 0.3) is 0 Å². The highest BCUT2D eigenvalue weighted by atomic mass is 16.3. The van der Waals surface area contributed by atoms with Gasteiger partial charge in [-0.25, -0.2) is 0 Å². The van der Waals surface area contributed by atoms with Crippen LogP contribution in [0.3, 0.4) is 0 Å². The van der Waals surface area contributed by atoms with Gasteiger partial charge in [0.1, 0.15) is 5.75 Å². The molecule has 0 fully saturated rings. The van der Waals surface area contributed by atoms with E-state index in [1.807, 2.05) is 20.8 Å². The molecule has 0 bridgehead atoms. The number of nitrogens with two attached hydrogens (primary N) is 1. The number of amides is 1. The standard InChI is InChI=1S/C13H20N2O2/c1-8(2)11(14)7-15-13(17)10-6-9(3)4-5-12(10)16/h4-6,8,11,16H,7,14H2,1-3H3,(H,15,17). The van der Waals surface area contributed by atoms with Gasteiger partial charge in [-0.2, -0.15) is 0 Å². The Morgan fingerprint density at radius 2 is 2.12 bits per heavy atom. The quantitative estimate of drug-likeness (QED) is 0.740. The monoisotopic (exact) mass is 236 g/mol. The molecular weight excluding hydrogens is 216 g/mol. The molecule has 0 spiro atoms. The maximum Gasteiger partial charge on any atom is 0.255 e. The Balaban J connectivity index is 2.67. The van der Waals surface area contributed by atoms with Crippen molar-refractivity contribution in [2.24, 2.45) is 11.7 Å². The highest BCUT2D eigenvalue weighted by Crippen LogP contribution is 2.17. The molecule has 0 saturated carbocycles. The van der Waals surface area contributed by atoms with Gasteiger partial charge in [-0.05, 0) is 25.0 Å². The fourth-order valence-electron chi connectivity index (χ4n) is 1.37. The summed E-state index contributed by atoms with van der Waals surface area (Å²) in [7, 11) is 0. The molecule has 1 unspecified atom stereocenters. The molecule has 0 heterocycles. The number of phenols is 1. The summed E-state index contributed by atoms with van der Waals surface area (Å²) in [5.41, 5.74) is 7.06. The maximum absolute atomic E-state index is 11.8. The largest absolute Gasteiger partial charge is 0.507 e. The molecule has 0 saturated heterocycles. The van der Waals surface area contributed by atoms with Gasteiger partial charge in [-0.15, -0.1) is 0 Å². The van der Waals surface area contributed by atoms with Gasteiger partial charge in [0.15, 0.2) is 0 Å². The lowest BCUT2D eigenvalue weighted by molar-refractivity contribution is 0.0946. The van der Waals surface area contributed by atoms with Gasteiger partial charge in [0.05, 0.1) is 5.56 Å². The Kier molecular flexibility index (Phi) is 4.52. The van der Waals surface area contributed by atoms with Gasteiger partial charge < -0.3 is 16.2 Å². The third-order valence-corrected chi connectivity index (χ3v) is 2.75. The van der Waals surface area contributed by atoms with Crippen LogP contribution in [-0.2, 0) is 0 Å². The van der Waals surface area contributed by atoms with Crippen molar-refractivity contribution in [2.45, 2.75) is 26.8 Å². The van der Waals surface area contributed by atoms with Crippen LogP contribution in [0.5, 0.6) is 5.75 Å². The van der Waals surface area contributed by atoms with Crippen molar-refractivity contribution < 1.29 is 9.90 Å². The zero-order valence-corrected chi connectivity index (χ0v) is 10.5. The van der Waals surface area contributed by atoms with Gasteiger partial charge in [-0.1, -0.05) is 25.5 Å². The lowest BCUT2D eigenvalue weighted by Gasteiger charge is -2.16. The Hall–Kier alpha value is -1.55. The lowest BCUT2D eigenvalue weighted by atomic mass is 10.1. The number of carbonyl (C=O) groups excluding carboxylic acids is 1. The minimum absolute atomic E-state index is 0.00813. The normalized spacial score (nSPS) is 12.5. The highest BCUT2D eigenvalue weighted by Gasteiger charge is 2.13. The predicted molar refractivity (Wildman–Crippen MR) is 68.0 cm³/mol. The number of carbonyl (C=O) groups is 1. The molecule has 4 nitrogen and oxygen atoms in total. The molecule has 0 aliphatic carbocycles. The van der Waals surface area contributed by atoms with Crippen molar-refractivity contribution in [1.82, 2.24) is 5.32 Å². The molecule has 94 valence electrons. The molecule has 0 aromatic heterocycles. The Morgan fingerprint density at radius 1 is 1.47 bits per heavy atom. The van der Waals surface area contributed by atoms with E-state index in [2.05, 4.69) is 5.32 Å². The maximum atomic E-state index is 11.8. The Bertz CT molecular complexity index is 402. The molecule has 1 amide bonds. The molecule has 1 aromatic rings. The molecule has 4 N–H and O–H groups in total. The first kappa shape index (κ1) is 13.5. The first-order chi connectivity index (χ1) is 7.91. The first-order valence-corrected chi connectivity index (χ1v) is 5.75. The van der Waals surface area contributed by atoms with Crippen LogP contribution in [0.4, 0.5) is 0 Å². The number of phenolic OH excluding ortho intramolecular Hbond substituents is 1. The highest BCUT2D eigenvalue weighted by molar-refractivity contribution is 5.97. The summed E-state index contributed by atoms with van der Waals surface area (Å²) in [5.74, 6) is 0.00919. The van der Waals surface area contributed by atoms with E-state index in [1.54, 1.807) is 12.1 Å². The van der Waals surface area contributed by atoms with Crippen LogP contribution in [0.15, 0.2) is 18.2 Å². The Morgan fingerprint density at radius 3 is 2.71 bits per heavy atom. The van der Waals surface area contributed by atoms with E-state index < -0.39 is 0 Å². The van der Waals surface area contributed by atoms with E-state index in [-0.39, 0.29) is 17.7 Å². The summed E-state index contributed by atoms with van der Waals surface area (Å²) in [6.07, 6.45) is 0. The molecule has 0 aliphatic rings. The van der Waals surface area contributed by atoms with Crippen molar-refractivity contribution in [3.8, 4) is 5.75 Å². The second kappa shape index (κ2) is 5.68. The van der Waals surface area contributed by atoms with Crippen molar-refractivity contribution in [3.63, 3.8) is 0 Å². The average Bonchev–Trinajstić information content (AvgIpc) is 2.28. The number of hydrogen-bond donors (Lipinski definition) is 3. The molecule has 1 aromatic carbocycles. The van der Waals surface area contributed by atoms with Crippen molar-refractivity contribution in [3.05, 3.63) is 29.3 Å². The van der Waals surface area contributed by atoms with E-state index in [9.17, 15) is 9.90 Å². The topological polar surface area (TPSA) is 75.3 Å². The van der Waals surface area contributed by atoms with Crippen LogP contribution >= 0.6 is 0 Å². The second-order valence-corrected chi connectivity index (χ2v) is 4.64. The third-order valence-electron chi connectivity index (χ3n) is 2.75. The molecular formula is C13H20N2O2. The van der Waals surface area contributed by atoms with Crippen LogP contribution in [0, 0.1) is 12.8 Å². The zero-order valence-electron chi connectivity index (χ0n) is 10.5. The summed E-state index contributed by atoms with van der Waals surface area (Å²) in [4.78, 5) is 11.8. The van der Waals surface area contributed by atoms with Gasteiger partial charge in [-0.3, -0.25) is 4.79 Å². The van der Waals surface area contributed by atoms with Crippen molar-refractivity contribution >= 4 is 5.91 Å². The van der Waals surface area contributed by atoms with E-state index in [1.165, 1.54) is 6.07 Å². The van der Waals surface area contributed by atoms with Crippen molar-refractivity contribution in [2.75, 3.05) is 6.54 Å². The minimum Gasteiger partial charge on any atom is -0.507 e. The SMILES string of the molecule is Cc1ccc(O)c(C(=O)NCC(N)C(C)C)c1. The summed E-state index contributed by atoms with van der Waals surface area (Å²) < 4.78 is 0. The smallest absolute Gasteiger partial charge is 0.255 e. The molecule has 1 atom stereocenters. The number of nitrogens with one attached hydrogen (secondary N) is 1. The van der Waals surface area contributed by atoms with E-state index in [4.69, 9.17) is 5.73 Å². The second-order valence-electron chi connectivity index (χ2n) is 4.64. The number of aryl methyl sites for hydroxylation is 1. The van der Waals surface area contributed by atoms with Crippen LogP contribution in [0.2, 0.25) is 0 Å². The van der Waals surface area contributed by atoms with E-state index in [0.29, 0.717) is 18.0 Å². The number of hydrogen-bond acceptors (Lipinski definition) is 3. The van der Waals surface area contributed by atoms with E-state index >= 15 is 0 Å². The molecule has 17 heavy (non-hydrogen) atoms. The number of rotatable bonds is 4. The summed E-state index contributed by atoms with van der Waals surface area (Å²) >= 11 is 0. The minimum atomic E-state index is -0.290. The van der Waals surface area contributed by atoms with Crippen LogP contribution in [-0.4, -0.2) is 23.6 Å². The molecule has 4 heteroatoms. The zero-order chi connectivity index (χ0) is 13.0. The molecule has 0 aliphatic heterocycles. The number of aromatic hydroxyl groups is 1. The van der Waals surface area contributed by atoms with Gasteiger partial charge >= 0.3 is 0 Å². The first-order valence-electron chi connectivity index (χ1n) is 5.75. The fraction of sp³-hybridized carbons (Fsp3) is 0.462. The van der Waals surface area contributed by atoms with Gasteiger partial charge in [0, 0.05) is 12.6 Å². The summed E-state index contributed by atoms with van der Waals surface area (Å²) in [6.45, 7) is 6.28. The third kappa shape index (κ3) is 3.75. The van der Waals surface area contributed by atoms with Crippen molar-refractivity contribution in [1.29, 1.82) is 0 Å². The van der Waals surface area contributed by atoms with Crippen LogP contribution < -0.4 is 11.1 Å². The fourth-order valence-corrected chi connectivity index (χ4v) is 1.37. The van der Waals surface area contributed by atoms with Gasteiger partial charge in [0.2, 0.25) is 0 Å². The predicted octanol–water partition coefficient (Wildman–Crippen LogP) is 1.41. The Labute approximate surface area is 102 Å². The summed E-state index contributed by atoms with van der Waals surface area (Å²) in [5, 5.41) is 12.3. The summed E-state index contributed by atoms with van der Waals surface area (Å²) in [6, 6.07) is 4.86. The van der Waals surface area contributed by atoms with Gasteiger partial charge in [0.25, 0.3) is 5.91 Å². The lowest BCUT2D eigenvalue weighted by Crippen LogP contribution is -2.40. The molecule has 0 radical (unpaired) electrons. The average molecular weight is 236 g/mol. The molecule has 1 rings (SSSR count). The number of benzene rings is 1.